The molecule has 0 spiro atoms. The van der Waals surface area contributed by atoms with Crippen LogP contribution in [0.25, 0.3) is 0 Å². The van der Waals surface area contributed by atoms with Crippen LogP contribution in [0.15, 0.2) is 24.3 Å². The molecule has 1 fully saturated rings. The van der Waals surface area contributed by atoms with Gasteiger partial charge in [0.05, 0.1) is 0 Å². The van der Waals surface area contributed by atoms with Gasteiger partial charge in [0.1, 0.15) is 11.6 Å². The smallest absolute Gasteiger partial charge is 0.186 e. The lowest BCUT2D eigenvalue weighted by Crippen LogP contribution is -2.59. The summed E-state index contributed by atoms with van der Waals surface area (Å²) in [5, 5.41) is 10.5. The Morgan fingerprint density at radius 3 is 2.61 bits per heavy atom. The molecular weight excluding hydrogens is 250 g/mol. The maximum absolute atomic E-state index is 12.4. The highest BCUT2D eigenvalue weighted by Crippen LogP contribution is 2.41. The number of aliphatic hydroxyl groups excluding tert-OH is 1. The molecule has 0 unspecified atom stereocenters. The minimum absolute atomic E-state index is 0.0525. The minimum Gasteiger partial charge on any atom is -0.385 e. The third-order valence-electron chi connectivity index (χ3n) is 4.04. The number of nitrogens with two attached hydrogens (primary N) is 1. The third-order valence-corrected chi connectivity index (χ3v) is 4.37. The molecule has 1 aliphatic carbocycles. The minimum atomic E-state index is -1.19. The maximum atomic E-state index is 12.4. The van der Waals surface area contributed by atoms with Crippen LogP contribution in [0.3, 0.4) is 0 Å². The zero-order chi connectivity index (χ0) is 13.5. The molecule has 1 aromatic carbocycles. The van der Waals surface area contributed by atoms with Gasteiger partial charge in [0, 0.05) is 5.02 Å². The summed E-state index contributed by atoms with van der Waals surface area (Å²) in [6, 6.07) is 7.09. The highest BCUT2D eigenvalue weighted by Gasteiger charge is 2.50. The van der Waals surface area contributed by atoms with E-state index in [1.165, 1.54) is 0 Å². The molecule has 0 bridgehead atoms. The first-order chi connectivity index (χ1) is 8.39. The second-order valence-corrected chi connectivity index (χ2v) is 5.68. The number of carbonyl (C=O) groups is 1. The number of Topliss-reactive ketones (excluding diaryl/α,β-unsaturated/α-hetero) is 1. The zero-order valence-corrected chi connectivity index (χ0v) is 11.3. The monoisotopic (exact) mass is 267 g/mol. The molecule has 0 aliphatic heterocycles. The predicted molar refractivity (Wildman–Crippen MR) is 71.3 cm³/mol. The van der Waals surface area contributed by atoms with Gasteiger partial charge in [-0.25, -0.2) is 0 Å². The van der Waals surface area contributed by atoms with E-state index < -0.39 is 11.6 Å². The Bertz CT molecular complexity index is 477. The molecule has 98 valence electrons. The van der Waals surface area contributed by atoms with Gasteiger partial charge in [-0.15, -0.1) is 0 Å². The van der Waals surface area contributed by atoms with Crippen LogP contribution in [0, 0.1) is 11.8 Å². The summed E-state index contributed by atoms with van der Waals surface area (Å²) in [6.07, 6.45) is -0.309. The number of hydrogen-bond donors (Lipinski definition) is 2. The van der Waals surface area contributed by atoms with E-state index in [1.807, 2.05) is 13.8 Å². The Kier molecular flexibility index (Phi) is 3.49. The molecule has 4 heteroatoms. The number of ketones is 1. The largest absolute Gasteiger partial charge is 0.385 e. The molecule has 3 N–H and O–H groups in total. The molecule has 1 aliphatic rings. The first kappa shape index (κ1) is 13.5. The summed E-state index contributed by atoms with van der Waals surface area (Å²) in [5.74, 6) is -0.447. The van der Waals surface area contributed by atoms with Crippen LogP contribution in [-0.2, 0) is 10.3 Å². The molecule has 2 rings (SSSR count). The van der Waals surface area contributed by atoms with Crippen LogP contribution in [-0.4, -0.2) is 17.0 Å². The Hall–Kier alpha value is -0.900. The van der Waals surface area contributed by atoms with Gasteiger partial charge in [-0.2, -0.15) is 0 Å². The van der Waals surface area contributed by atoms with Gasteiger partial charge in [0.15, 0.2) is 5.78 Å². The van der Waals surface area contributed by atoms with E-state index in [1.54, 1.807) is 24.3 Å². The van der Waals surface area contributed by atoms with Gasteiger partial charge >= 0.3 is 0 Å². The van der Waals surface area contributed by atoms with Crippen LogP contribution >= 0.6 is 11.6 Å². The number of benzene rings is 1. The Labute approximate surface area is 112 Å². The summed E-state index contributed by atoms with van der Waals surface area (Å²) in [5.41, 5.74) is 5.74. The average molecular weight is 268 g/mol. The molecule has 0 aromatic heterocycles. The van der Waals surface area contributed by atoms with Crippen molar-refractivity contribution >= 4 is 17.4 Å². The van der Waals surface area contributed by atoms with Gasteiger partial charge in [0.2, 0.25) is 0 Å². The molecule has 18 heavy (non-hydrogen) atoms. The maximum Gasteiger partial charge on any atom is 0.186 e. The molecule has 1 aromatic rings. The van der Waals surface area contributed by atoms with E-state index in [-0.39, 0.29) is 17.6 Å². The Morgan fingerprint density at radius 2 is 2.00 bits per heavy atom. The predicted octanol–water partition coefficient (Wildman–Crippen LogP) is 2.10. The zero-order valence-electron chi connectivity index (χ0n) is 10.6. The van der Waals surface area contributed by atoms with E-state index in [2.05, 4.69) is 0 Å². The van der Waals surface area contributed by atoms with Crippen molar-refractivity contribution in [2.45, 2.75) is 31.9 Å². The molecule has 0 amide bonds. The van der Waals surface area contributed by atoms with Gasteiger partial charge in [-0.3, -0.25) is 4.79 Å². The third kappa shape index (κ3) is 1.87. The Morgan fingerprint density at radius 1 is 1.39 bits per heavy atom. The van der Waals surface area contributed by atoms with E-state index >= 15 is 0 Å². The van der Waals surface area contributed by atoms with E-state index in [0.717, 1.165) is 0 Å². The molecule has 0 heterocycles. The van der Waals surface area contributed by atoms with E-state index in [0.29, 0.717) is 17.0 Å². The van der Waals surface area contributed by atoms with Crippen molar-refractivity contribution in [3.05, 3.63) is 34.9 Å². The normalized spacial score (nSPS) is 36.7. The SMILES string of the molecule is C[C@@H]1C[C@H](C)[C@H](O)C(=O)[C@@]1(N)c1ccccc1Cl. The van der Waals surface area contributed by atoms with Crippen LogP contribution in [0.4, 0.5) is 0 Å². The highest BCUT2D eigenvalue weighted by atomic mass is 35.5. The summed E-state index contributed by atoms with van der Waals surface area (Å²) in [6.45, 7) is 3.80. The summed E-state index contributed by atoms with van der Waals surface area (Å²) in [4.78, 5) is 12.4. The Balaban J connectivity index is 2.52. The topological polar surface area (TPSA) is 63.3 Å². The second kappa shape index (κ2) is 4.65. The van der Waals surface area contributed by atoms with Gasteiger partial charge < -0.3 is 10.8 Å². The summed E-state index contributed by atoms with van der Waals surface area (Å²) >= 11 is 6.15. The average Bonchev–Trinajstić information content (AvgIpc) is 2.34. The number of halogens is 1. The lowest BCUT2D eigenvalue weighted by Gasteiger charge is -2.43. The number of aliphatic hydroxyl groups is 1. The van der Waals surface area contributed by atoms with Crippen molar-refractivity contribution in [3.63, 3.8) is 0 Å². The molecule has 1 saturated carbocycles. The standard InChI is InChI=1S/C14H18ClNO2/c1-8-7-9(2)14(16,13(18)12(8)17)10-5-3-4-6-11(10)15/h3-6,8-9,12,17H,7,16H2,1-2H3/t8-,9+,12-,14-/m0/s1. The fourth-order valence-corrected chi connectivity index (χ4v) is 3.11. The van der Waals surface area contributed by atoms with Crippen molar-refractivity contribution in [2.75, 3.05) is 0 Å². The number of hydrogen-bond acceptors (Lipinski definition) is 3. The summed E-state index contributed by atoms with van der Waals surface area (Å²) in [7, 11) is 0. The van der Waals surface area contributed by atoms with Crippen molar-refractivity contribution in [3.8, 4) is 0 Å². The number of carbonyl (C=O) groups excluding carboxylic acids is 1. The van der Waals surface area contributed by atoms with E-state index in [4.69, 9.17) is 17.3 Å². The number of rotatable bonds is 1. The van der Waals surface area contributed by atoms with Crippen molar-refractivity contribution in [1.82, 2.24) is 0 Å². The fraction of sp³-hybridized carbons (Fsp3) is 0.500. The van der Waals surface area contributed by atoms with Crippen LogP contribution in [0.1, 0.15) is 25.8 Å². The molecule has 0 saturated heterocycles. The lowest BCUT2D eigenvalue weighted by atomic mass is 9.65. The fourth-order valence-electron chi connectivity index (χ4n) is 2.81. The first-order valence-corrected chi connectivity index (χ1v) is 6.53. The van der Waals surface area contributed by atoms with Gasteiger partial charge in [0.25, 0.3) is 0 Å². The summed E-state index contributed by atoms with van der Waals surface area (Å²) < 4.78 is 0. The molecule has 4 atom stereocenters. The van der Waals surface area contributed by atoms with Gasteiger partial charge in [-0.05, 0) is 29.9 Å². The van der Waals surface area contributed by atoms with Crippen LogP contribution in [0.5, 0.6) is 0 Å². The second-order valence-electron chi connectivity index (χ2n) is 5.27. The molecule has 3 nitrogen and oxygen atoms in total. The van der Waals surface area contributed by atoms with E-state index in [9.17, 15) is 9.90 Å². The lowest BCUT2D eigenvalue weighted by molar-refractivity contribution is -0.142. The van der Waals surface area contributed by atoms with Crippen LogP contribution < -0.4 is 5.73 Å². The van der Waals surface area contributed by atoms with Crippen molar-refractivity contribution in [1.29, 1.82) is 0 Å². The highest BCUT2D eigenvalue weighted by molar-refractivity contribution is 6.31. The quantitative estimate of drug-likeness (QED) is 0.819. The molecular formula is C14H18ClNO2. The first-order valence-electron chi connectivity index (χ1n) is 6.15. The van der Waals surface area contributed by atoms with Crippen molar-refractivity contribution in [2.24, 2.45) is 17.6 Å². The van der Waals surface area contributed by atoms with Crippen molar-refractivity contribution < 1.29 is 9.90 Å². The molecule has 0 radical (unpaired) electrons. The van der Waals surface area contributed by atoms with Crippen LogP contribution in [0.2, 0.25) is 5.02 Å². The van der Waals surface area contributed by atoms with Gasteiger partial charge in [-0.1, -0.05) is 43.6 Å².